The number of hydrogen-bond donors (Lipinski definition) is 1. The molecular formula is C24H23ClFNO4. The van der Waals surface area contributed by atoms with Gasteiger partial charge in [-0.3, -0.25) is 4.90 Å². The first-order chi connectivity index (χ1) is 15.1. The van der Waals surface area contributed by atoms with Gasteiger partial charge in [-0.15, -0.1) is 0 Å². The molecule has 162 valence electrons. The van der Waals surface area contributed by atoms with Crippen molar-refractivity contribution in [2.75, 3.05) is 19.9 Å². The summed E-state index contributed by atoms with van der Waals surface area (Å²) in [5.74, 6) is 1.75. The Hall–Kier alpha value is -2.80. The van der Waals surface area contributed by atoms with Gasteiger partial charge in [-0.25, -0.2) is 4.39 Å². The molecular weight excluding hydrogens is 421 g/mol. The van der Waals surface area contributed by atoms with E-state index in [1.54, 1.807) is 42.5 Å². The van der Waals surface area contributed by atoms with Crippen molar-refractivity contribution in [3.05, 3.63) is 88.7 Å². The van der Waals surface area contributed by atoms with Crippen LogP contribution in [-0.2, 0) is 13.1 Å². The third-order valence-electron chi connectivity index (χ3n) is 4.92. The van der Waals surface area contributed by atoms with E-state index < -0.39 is 6.10 Å². The van der Waals surface area contributed by atoms with E-state index in [0.29, 0.717) is 47.5 Å². The van der Waals surface area contributed by atoms with Crippen molar-refractivity contribution < 1.29 is 23.7 Å². The summed E-state index contributed by atoms with van der Waals surface area (Å²) < 4.78 is 30.7. The second-order valence-corrected chi connectivity index (χ2v) is 7.80. The summed E-state index contributed by atoms with van der Waals surface area (Å²) in [5.41, 5.74) is 1.54. The minimum absolute atomic E-state index is 0.108. The number of aliphatic hydroxyl groups excluding tert-OH is 1. The van der Waals surface area contributed by atoms with Gasteiger partial charge in [0.2, 0.25) is 6.79 Å². The van der Waals surface area contributed by atoms with Crippen molar-refractivity contribution in [2.24, 2.45) is 0 Å². The zero-order chi connectivity index (χ0) is 21.6. The monoisotopic (exact) mass is 443 g/mol. The quantitative estimate of drug-likeness (QED) is 0.521. The molecule has 1 unspecified atom stereocenters. The van der Waals surface area contributed by atoms with Crippen LogP contribution in [0.1, 0.15) is 11.1 Å². The summed E-state index contributed by atoms with van der Waals surface area (Å²) in [5, 5.41) is 11.2. The van der Waals surface area contributed by atoms with Crippen LogP contribution in [0.5, 0.6) is 17.2 Å². The Kier molecular flexibility index (Phi) is 6.92. The molecule has 0 bridgehead atoms. The van der Waals surface area contributed by atoms with Gasteiger partial charge in [-0.05, 0) is 48.0 Å². The molecule has 0 radical (unpaired) electrons. The molecule has 0 amide bonds. The van der Waals surface area contributed by atoms with Gasteiger partial charge in [0.15, 0.2) is 11.5 Å². The lowest BCUT2D eigenvalue weighted by Crippen LogP contribution is -2.35. The van der Waals surface area contributed by atoms with Crippen molar-refractivity contribution in [3.63, 3.8) is 0 Å². The Balaban J connectivity index is 1.43. The fourth-order valence-corrected chi connectivity index (χ4v) is 3.55. The van der Waals surface area contributed by atoms with Gasteiger partial charge >= 0.3 is 0 Å². The summed E-state index contributed by atoms with van der Waals surface area (Å²) in [4.78, 5) is 1.98. The standard InChI is InChI=1S/C24H23ClFNO4/c25-19-6-8-21(9-7-19)29-15-20(28)14-27(13-18-3-1-2-4-22(18)26)12-17-5-10-23-24(11-17)31-16-30-23/h1-11,20,28H,12-16H2. The van der Waals surface area contributed by atoms with Crippen LogP contribution in [0.25, 0.3) is 0 Å². The maximum atomic E-state index is 14.2. The van der Waals surface area contributed by atoms with Gasteiger partial charge in [0, 0.05) is 30.2 Å². The molecule has 3 aromatic carbocycles. The third kappa shape index (κ3) is 5.88. The Bertz CT molecular complexity index is 1010. The summed E-state index contributed by atoms with van der Waals surface area (Å²) in [6, 6.07) is 19.3. The van der Waals surface area contributed by atoms with Crippen molar-refractivity contribution in [2.45, 2.75) is 19.2 Å². The number of ether oxygens (including phenoxy) is 3. The van der Waals surface area contributed by atoms with E-state index in [1.807, 2.05) is 23.1 Å². The molecule has 0 saturated carbocycles. The SMILES string of the molecule is OC(COc1ccc(Cl)cc1)CN(Cc1ccc2c(c1)OCO2)Cc1ccccc1F. The van der Waals surface area contributed by atoms with Gasteiger partial charge < -0.3 is 19.3 Å². The minimum atomic E-state index is -0.767. The summed E-state index contributed by atoms with van der Waals surface area (Å²) in [7, 11) is 0. The zero-order valence-corrected chi connectivity index (χ0v) is 17.6. The Labute approximate surface area is 185 Å². The smallest absolute Gasteiger partial charge is 0.231 e. The zero-order valence-electron chi connectivity index (χ0n) is 16.8. The predicted molar refractivity (Wildman–Crippen MR) is 116 cm³/mol. The van der Waals surface area contributed by atoms with Gasteiger partial charge in [0.05, 0.1) is 0 Å². The molecule has 3 aromatic rings. The summed E-state index contributed by atoms with van der Waals surface area (Å²) >= 11 is 5.89. The lowest BCUT2D eigenvalue weighted by Gasteiger charge is -2.25. The second-order valence-electron chi connectivity index (χ2n) is 7.37. The molecule has 4 rings (SSSR count). The number of nitrogens with zero attached hydrogens (tertiary/aromatic N) is 1. The van der Waals surface area contributed by atoms with Crippen LogP contribution in [0, 0.1) is 5.82 Å². The maximum absolute atomic E-state index is 14.2. The first kappa shape index (κ1) is 21.4. The molecule has 31 heavy (non-hydrogen) atoms. The number of benzene rings is 3. The van der Waals surface area contributed by atoms with Gasteiger partial charge in [0.1, 0.15) is 24.3 Å². The average Bonchev–Trinajstić information content (AvgIpc) is 3.23. The van der Waals surface area contributed by atoms with Crippen LogP contribution < -0.4 is 14.2 Å². The molecule has 1 aliphatic rings. The molecule has 1 aliphatic heterocycles. The normalized spacial score (nSPS) is 13.4. The van der Waals surface area contributed by atoms with Crippen LogP contribution in [0.2, 0.25) is 5.02 Å². The third-order valence-corrected chi connectivity index (χ3v) is 5.17. The van der Waals surface area contributed by atoms with E-state index in [-0.39, 0.29) is 19.2 Å². The van der Waals surface area contributed by atoms with Crippen LogP contribution in [0.3, 0.4) is 0 Å². The highest BCUT2D eigenvalue weighted by atomic mass is 35.5. The maximum Gasteiger partial charge on any atom is 0.231 e. The van der Waals surface area contributed by atoms with Gasteiger partial charge in [0.25, 0.3) is 0 Å². The van der Waals surface area contributed by atoms with E-state index in [4.69, 9.17) is 25.8 Å². The topological polar surface area (TPSA) is 51.2 Å². The molecule has 0 spiro atoms. The molecule has 7 heteroatoms. The number of halogens is 2. The molecule has 5 nitrogen and oxygen atoms in total. The number of aliphatic hydroxyl groups is 1. The average molecular weight is 444 g/mol. The van der Waals surface area contributed by atoms with E-state index >= 15 is 0 Å². The van der Waals surface area contributed by atoms with Crippen LogP contribution in [0.15, 0.2) is 66.7 Å². The number of rotatable bonds is 9. The van der Waals surface area contributed by atoms with Crippen molar-refractivity contribution in [1.29, 1.82) is 0 Å². The highest BCUT2D eigenvalue weighted by molar-refractivity contribution is 6.30. The van der Waals surface area contributed by atoms with Crippen LogP contribution in [-0.4, -0.2) is 36.1 Å². The van der Waals surface area contributed by atoms with E-state index in [9.17, 15) is 9.50 Å². The largest absolute Gasteiger partial charge is 0.491 e. The first-order valence-electron chi connectivity index (χ1n) is 9.97. The van der Waals surface area contributed by atoms with E-state index in [2.05, 4.69) is 0 Å². The Morgan fingerprint density at radius 3 is 2.58 bits per heavy atom. The predicted octanol–water partition coefficient (Wildman–Crippen LogP) is 4.65. The van der Waals surface area contributed by atoms with Gasteiger partial charge in [-0.2, -0.15) is 0 Å². The fraction of sp³-hybridized carbons (Fsp3) is 0.250. The second kappa shape index (κ2) is 10.0. The molecule has 0 aromatic heterocycles. The van der Waals surface area contributed by atoms with E-state index in [1.165, 1.54) is 6.07 Å². The minimum Gasteiger partial charge on any atom is -0.491 e. The highest BCUT2D eigenvalue weighted by Crippen LogP contribution is 2.33. The molecule has 0 aliphatic carbocycles. The summed E-state index contributed by atoms with van der Waals surface area (Å²) in [6.07, 6.45) is -0.767. The molecule has 1 atom stereocenters. The lowest BCUT2D eigenvalue weighted by atomic mass is 10.1. The van der Waals surface area contributed by atoms with Crippen molar-refractivity contribution in [3.8, 4) is 17.2 Å². The highest BCUT2D eigenvalue weighted by Gasteiger charge is 2.18. The van der Waals surface area contributed by atoms with Crippen LogP contribution in [0.4, 0.5) is 4.39 Å². The Morgan fingerprint density at radius 2 is 1.77 bits per heavy atom. The molecule has 0 saturated heterocycles. The first-order valence-corrected chi connectivity index (χ1v) is 10.4. The molecule has 0 fully saturated rings. The molecule has 1 heterocycles. The number of fused-ring (bicyclic) bond motifs is 1. The number of hydrogen-bond acceptors (Lipinski definition) is 5. The van der Waals surface area contributed by atoms with Crippen molar-refractivity contribution >= 4 is 11.6 Å². The van der Waals surface area contributed by atoms with E-state index in [0.717, 1.165) is 5.56 Å². The summed E-state index contributed by atoms with van der Waals surface area (Å²) in [6.45, 7) is 1.47. The van der Waals surface area contributed by atoms with Gasteiger partial charge in [-0.1, -0.05) is 35.9 Å². The van der Waals surface area contributed by atoms with Crippen LogP contribution >= 0.6 is 11.6 Å². The van der Waals surface area contributed by atoms with Crippen molar-refractivity contribution in [1.82, 2.24) is 4.90 Å². The lowest BCUT2D eigenvalue weighted by molar-refractivity contribution is 0.0624. The fourth-order valence-electron chi connectivity index (χ4n) is 3.42. The Morgan fingerprint density at radius 1 is 1.00 bits per heavy atom. The molecule has 1 N–H and O–H groups in total.